The Morgan fingerprint density at radius 2 is 2.29 bits per heavy atom. The van der Waals surface area contributed by atoms with E-state index >= 15 is 0 Å². The first-order chi connectivity index (χ1) is 6.59. The van der Waals surface area contributed by atoms with Gasteiger partial charge in [-0.1, -0.05) is 0 Å². The molecular weight excluding hydrogens is 202 g/mol. The van der Waals surface area contributed by atoms with Crippen molar-refractivity contribution in [2.75, 3.05) is 6.61 Å². The summed E-state index contributed by atoms with van der Waals surface area (Å²) in [6.07, 6.45) is -2.84. The number of alkyl halides is 2. The van der Waals surface area contributed by atoms with E-state index in [-0.39, 0.29) is 12.5 Å². The summed E-state index contributed by atoms with van der Waals surface area (Å²) in [4.78, 5) is 9.99. The molecule has 8 heteroatoms. The molecule has 0 aliphatic heterocycles. The Hall–Kier alpha value is -1.57. The van der Waals surface area contributed by atoms with E-state index in [4.69, 9.17) is 5.11 Å². The normalized spacial score (nSPS) is 10.8. The van der Waals surface area contributed by atoms with Gasteiger partial charge in [-0.15, -0.1) is 10.2 Å². The van der Waals surface area contributed by atoms with Crippen molar-refractivity contribution in [3.8, 4) is 0 Å². The highest BCUT2D eigenvalue weighted by Crippen LogP contribution is 2.16. The second-order valence-electron chi connectivity index (χ2n) is 2.22. The number of aromatic nitrogens is 2. The van der Waals surface area contributed by atoms with Gasteiger partial charge in [-0.25, -0.2) is 4.79 Å². The number of nitrogens with zero attached hydrogens (tertiary/aromatic N) is 2. The molecule has 14 heavy (non-hydrogen) atoms. The van der Waals surface area contributed by atoms with E-state index < -0.39 is 24.9 Å². The first kappa shape index (κ1) is 10.5. The van der Waals surface area contributed by atoms with Gasteiger partial charge in [0.15, 0.2) is 0 Å². The van der Waals surface area contributed by atoms with Gasteiger partial charge in [-0.2, -0.15) is 8.78 Å². The first-order valence-electron chi connectivity index (χ1n) is 3.49. The molecule has 1 aromatic rings. The van der Waals surface area contributed by atoms with Crippen LogP contribution < -0.4 is 0 Å². The van der Waals surface area contributed by atoms with Gasteiger partial charge in [0.1, 0.15) is 13.2 Å². The summed E-state index contributed by atoms with van der Waals surface area (Å²) < 4.78 is 32.8. The fourth-order valence-corrected chi connectivity index (χ4v) is 0.639. The SMILES string of the molecule is O=C(O)COCc1nnc(C(F)F)o1. The van der Waals surface area contributed by atoms with Gasteiger partial charge in [0.2, 0.25) is 5.89 Å². The highest BCUT2D eigenvalue weighted by atomic mass is 19.3. The summed E-state index contributed by atoms with van der Waals surface area (Å²) >= 11 is 0. The van der Waals surface area contributed by atoms with Crippen LogP contribution in [-0.4, -0.2) is 27.9 Å². The van der Waals surface area contributed by atoms with E-state index in [1.54, 1.807) is 0 Å². The third-order valence-electron chi connectivity index (χ3n) is 1.12. The van der Waals surface area contributed by atoms with E-state index in [9.17, 15) is 13.6 Å². The van der Waals surface area contributed by atoms with Gasteiger partial charge >= 0.3 is 12.4 Å². The molecule has 1 N–H and O–H groups in total. The Kier molecular flexibility index (Phi) is 3.46. The lowest BCUT2D eigenvalue weighted by Gasteiger charge is -1.94. The quantitative estimate of drug-likeness (QED) is 0.762. The molecule has 78 valence electrons. The van der Waals surface area contributed by atoms with Crippen LogP contribution in [0.25, 0.3) is 0 Å². The molecule has 0 aliphatic carbocycles. The number of hydrogen-bond acceptors (Lipinski definition) is 5. The van der Waals surface area contributed by atoms with Crippen molar-refractivity contribution < 1.29 is 27.8 Å². The van der Waals surface area contributed by atoms with Crippen LogP contribution >= 0.6 is 0 Å². The molecular formula is C6H6F2N2O4. The summed E-state index contributed by atoms with van der Waals surface area (Å²) in [5.74, 6) is -2.15. The topological polar surface area (TPSA) is 85.5 Å². The lowest BCUT2D eigenvalue weighted by molar-refractivity contribution is -0.142. The van der Waals surface area contributed by atoms with Crippen LogP contribution in [0.15, 0.2) is 4.42 Å². The zero-order valence-corrected chi connectivity index (χ0v) is 6.81. The number of hydrogen-bond donors (Lipinski definition) is 1. The molecule has 1 heterocycles. The van der Waals surface area contributed by atoms with Crippen LogP contribution in [-0.2, 0) is 16.1 Å². The molecule has 0 aromatic carbocycles. The van der Waals surface area contributed by atoms with Crippen LogP contribution in [0.1, 0.15) is 18.2 Å². The van der Waals surface area contributed by atoms with Crippen LogP contribution in [0.3, 0.4) is 0 Å². The zero-order valence-electron chi connectivity index (χ0n) is 6.81. The minimum absolute atomic E-state index is 0.179. The predicted octanol–water partition coefficient (Wildman–Crippen LogP) is 0.608. The molecule has 0 fully saturated rings. The van der Waals surface area contributed by atoms with Gasteiger partial charge in [-0.3, -0.25) is 0 Å². The van der Waals surface area contributed by atoms with E-state index in [1.807, 2.05) is 0 Å². The Labute approximate surface area is 76.5 Å². The summed E-state index contributed by atoms with van der Waals surface area (Å²) in [5.41, 5.74) is 0. The maximum atomic E-state index is 11.9. The first-order valence-corrected chi connectivity index (χ1v) is 3.49. The van der Waals surface area contributed by atoms with Crippen molar-refractivity contribution in [1.29, 1.82) is 0 Å². The van der Waals surface area contributed by atoms with E-state index in [0.29, 0.717) is 0 Å². The van der Waals surface area contributed by atoms with Gasteiger partial charge < -0.3 is 14.3 Å². The smallest absolute Gasteiger partial charge is 0.329 e. The standard InChI is InChI=1S/C6H6F2N2O4/c7-5(8)6-10-9-3(14-6)1-13-2-4(11)12/h5H,1-2H2,(H,11,12). The number of carboxylic acid groups (broad SMARTS) is 1. The molecule has 0 saturated carbocycles. The predicted molar refractivity (Wildman–Crippen MR) is 36.5 cm³/mol. The Balaban J connectivity index is 2.40. The molecule has 1 aromatic heterocycles. The minimum Gasteiger partial charge on any atom is -0.480 e. The van der Waals surface area contributed by atoms with Crippen molar-refractivity contribution in [3.63, 3.8) is 0 Å². The van der Waals surface area contributed by atoms with Gasteiger partial charge in [-0.05, 0) is 0 Å². The molecule has 0 radical (unpaired) electrons. The molecule has 0 bridgehead atoms. The fraction of sp³-hybridized carbons (Fsp3) is 0.500. The van der Waals surface area contributed by atoms with Gasteiger partial charge in [0, 0.05) is 0 Å². The van der Waals surface area contributed by atoms with Crippen LogP contribution in [0, 0.1) is 0 Å². The summed E-state index contributed by atoms with van der Waals surface area (Å²) in [6, 6.07) is 0. The molecule has 0 atom stereocenters. The fourth-order valence-electron chi connectivity index (χ4n) is 0.639. The van der Waals surface area contributed by atoms with Crippen LogP contribution in [0.5, 0.6) is 0 Å². The van der Waals surface area contributed by atoms with Gasteiger partial charge in [0.05, 0.1) is 0 Å². The summed E-state index contributed by atoms with van der Waals surface area (Å²) in [7, 11) is 0. The maximum absolute atomic E-state index is 11.9. The molecule has 0 saturated heterocycles. The van der Waals surface area contributed by atoms with Crippen LogP contribution in [0.4, 0.5) is 8.78 Å². The van der Waals surface area contributed by atoms with E-state index in [0.717, 1.165) is 0 Å². The second-order valence-corrected chi connectivity index (χ2v) is 2.22. The Morgan fingerprint density at radius 3 is 2.79 bits per heavy atom. The number of halogens is 2. The molecule has 6 nitrogen and oxygen atoms in total. The number of rotatable bonds is 5. The Bertz CT molecular complexity index is 315. The zero-order chi connectivity index (χ0) is 10.6. The largest absolute Gasteiger partial charge is 0.480 e. The maximum Gasteiger partial charge on any atom is 0.329 e. The number of ether oxygens (including phenoxy) is 1. The Morgan fingerprint density at radius 1 is 1.57 bits per heavy atom. The van der Waals surface area contributed by atoms with Crippen molar-refractivity contribution >= 4 is 5.97 Å². The molecule has 0 amide bonds. The molecule has 0 spiro atoms. The van der Waals surface area contributed by atoms with Crippen molar-refractivity contribution in [2.24, 2.45) is 0 Å². The van der Waals surface area contributed by atoms with E-state index in [2.05, 4.69) is 19.4 Å². The monoisotopic (exact) mass is 208 g/mol. The van der Waals surface area contributed by atoms with Crippen molar-refractivity contribution in [3.05, 3.63) is 11.8 Å². The highest BCUT2D eigenvalue weighted by molar-refractivity contribution is 5.67. The molecule has 1 rings (SSSR count). The molecule has 0 aliphatic rings. The molecule has 0 unspecified atom stereocenters. The average molecular weight is 208 g/mol. The lowest BCUT2D eigenvalue weighted by atomic mass is 10.7. The van der Waals surface area contributed by atoms with Crippen LogP contribution in [0.2, 0.25) is 0 Å². The third kappa shape index (κ3) is 3.05. The minimum atomic E-state index is -2.84. The lowest BCUT2D eigenvalue weighted by Crippen LogP contribution is -2.06. The third-order valence-corrected chi connectivity index (χ3v) is 1.12. The number of carbonyl (C=O) groups is 1. The van der Waals surface area contributed by atoms with Crippen molar-refractivity contribution in [2.45, 2.75) is 13.0 Å². The van der Waals surface area contributed by atoms with E-state index in [1.165, 1.54) is 0 Å². The average Bonchev–Trinajstić information content (AvgIpc) is 2.52. The van der Waals surface area contributed by atoms with Crippen molar-refractivity contribution in [1.82, 2.24) is 10.2 Å². The highest BCUT2D eigenvalue weighted by Gasteiger charge is 2.15. The van der Waals surface area contributed by atoms with Gasteiger partial charge in [0.25, 0.3) is 5.89 Å². The summed E-state index contributed by atoms with van der Waals surface area (Å²) in [6.45, 7) is -0.849. The second kappa shape index (κ2) is 4.61. The summed E-state index contributed by atoms with van der Waals surface area (Å²) in [5, 5.41) is 14.4. The number of aliphatic carboxylic acids is 1. The number of carboxylic acids is 1.